The average molecular weight is 424 g/mol. The molecule has 0 aliphatic heterocycles. The van der Waals surface area contributed by atoms with Gasteiger partial charge in [0.2, 0.25) is 0 Å². The van der Waals surface area contributed by atoms with E-state index in [0.29, 0.717) is 16.8 Å². The predicted octanol–water partition coefficient (Wildman–Crippen LogP) is 3.88. The van der Waals surface area contributed by atoms with Gasteiger partial charge in [-0.25, -0.2) is 4.98 Å². The number of rotatable bonds is 3. The fourth-order valence-corrected chi connectivity index (χ4v) is 2.69. The van der Waals surface area contributed by atoms with Gasteiger partial charge in [-0.1, -0.05) is 0 Å². The van der Waals surface area contributed by atoms with E-state index in [1.807, 2.05) is 57.8 Å². The molecular formula is C22H16FeN4O2+2. The van der Waals surface area contributed by atoms with Crippen LogP contribution in [0.15, 0.2) is 30.3 Å². The molecule has 2 fully saturated rings. The summed E-state index contributed by atoms with van der Waals surface area (Å²) in [4.78, 5) is 14.6. The summed E-state index contributed by atoms with van der Waals surface area (Å²) in [5.41, 5.74) is 8.09. The van der Waals surface area contributed by atoms with Gasteiger partial charge in [0.1, 0.15) is 17.5 Å². The fraction of sp³-hybridized carbons (Fsp3) is 0. The quantitative estimate of drug-likeness (QED) is 0.457. The minimum absolute atomic E-state index is 0. The number of benzene rings is 1. The molecule has 142 valence electrons. The standard InChI is InChI=1S/C17H11N4O2.C5H5.Fe/c18-10-15-14(11-5-7-13(8-6-11)21(22)23)9-16(20-17(15)19)12-3-1-2-4-12;1-2-4-5-3-1;/h1-9H,(H2,19,20);1-5H;/q;;+2. The molecule has 0 saturated heterocycles. The number of nitriles is 1. The molecule has 4 rings (SSSR count). The summed E-state index contributed by atoms with van der Waals surface area (Å²) in [6, 6.07) is 9.82. The number of hydrogen-bond donors (Lipinski definition) is 1. The second-order valence-corrected chi connectivity index (χ2v) is 5.87. The molecule has 2 aliphatic carbocycles. The Balaban J connectivity index is 0.000000437. The van der Waals surface area contributed by atoms with Crippen LogP contribution in [-0.4, -0.2) is 9.91 Å². The molecule has 0 unspecified atom stereocenters. The fourth-order valence-electron chi connectivity index (χ4n) is 2.69. The van der Waals surface area contributed by atoms with Crippen LogP contribution in [0.2, 0.25) is 0 Å². The summed E-state index contributed by atoms with van der Waals surface area (Å²) in [5.74, 6) is 1.03. The Morgan fingerprint density at radius 1 is 0.966 bits per heavy atom. The van der Waals surface area contributed by atoms with Crippen LogP contribution in [0.4, 0.5) is 11.5 Å². The molecule has 7 heteroatoms. The van der Waals surface area contributed by atoms with Crippen molar-refractivity contribution in [3.8, 4) is 17.2 Å². The SMILES string of the molecule is N#Cc1c(-c2ccc([N+](=O)[O-])cc2)cc([C]2[CH][CH][CH][CH]2)nc1N.[CH]1[CH][CH][CH][CH]1.[Fe+2]. The van der Waals surface area contributed by atoms with Gasteiger partial charge in [-0.3, -0.25) is 10.1 Å². The van der Waals surface area contributed by atoms with Crippen molar-refractivity contribution < 1.29 is 22.0 Å². The molecule has 2 N–H and O–H groups in total. The summed E-state index contributed by atoms with van der Waals surface area (Å²) in [6.07, 6.45) is 17.6. The van der Waals surface area contributed by atoms with E-state index in [1.54, 1.807) is 18.2 Å². The first-order valence-corrected chi connectivity index (χ1v) is 8.44. The maximum absolute atomic E-state index is 10.8. The number of hydrogen-bond acceptors (Lipinski definition) is 5. The van der Waals surface area contributed by atoms with Crippen molar-refractivity contribution in [1.29, 1.82) is 5.26 Å². The van der Waals surface area contributed by atoms with Crippen LogP contribution in [0.5, 0.6) is 0 Å². The zero-order chi connectivity index (χ0) is 19.9. The maximum Gasteiger partial charge on any atom is 2.00 e. The Morgan fingerprint density at radius 3 is 2.00 bits per heavy atom. The third-order valence-corrected chi connectivity index (χ3v) is 4.06. The first-order valence-electron chi connectivity index (χ1n) is 8.44. The van der Waals surface area contributed by atoms with E-state index < -0.39 is 4.92 Å². The van der Waals surface area contributed by atoms with Gasteiger partial charge >= 0.3 is 17.1 Å². The van der Waals surface area contributed by atoms with Gasteiger partial charge in [-0.05, 0) is 81.5 Å². The van der Waals surface area contributed by atoms with Crippen molar-refractivity contribution in [2.75, 3.05) is 5.73 Å². The molecule has 0 atom stereocenters. The summed E-state index contributed by atoms with van der Waals surface area (Å²) in [7, 11) is 0. The normalized spacial score (nSPS) is 15.7. The molecule has 1 heterocycles. The largest absolute Gasteiger partial charge is 2.00 e. The van der Waals surface area contributed by atoms with Gasteiger partial charge in [0.15, 0.2) is 0 Å². The Morgan fingerprint density at radius 2 is 1.52 bits per heavy atom. The molecule has 10 radical (unpaired) electrons. The van der Waals surface area contributed by atoms with Gasteiger partial charge in [0.05, 0.1) is 10.6 Å². The van der Waals surface area contributed by atoms with E-state index in [-0.39, 0.29) is 34.1 Å². The van der Waals surface area contributed by atoms with Gasteiger partial charge in [-0.15, -0.1) is 0 Å². The summed E-state index contributed by atoms with van der Waals surface area (Å²) < 4.78 is 0. The Labute approximate surface area is 182 Å². The molecule has 0 amide bonds. The molecule has 29 heavy (non-hydrogen) atoms. The molecule has 1 aromatic carbocycles. The van der Waals surface area contributed by atoms with E-state index in [0.717, 1.165) is 5.92 Å². The van der Waals surface area contributed by atoms with Crippen molar-refractivity contribution in [2.24, 2.45) is 0 Å². The summed E-state index contributed by atoms with van der Waals surface area (Å²) in [6.45, 7) is 0. The van der Waals surface area contributed by atoms with E-state index in [9.17, 15) is 15.4 Å². The minimum atomic E-state index is -0.467. The van der Waals surface area contributed by atoms with Crippen molar-refractivity contribution in [3.63, 3.8) is 0 Å². The maximum atomic E-state index is 10.8. The van der Waals surface area contributed by atoms with Crippen LogP contribution in [0.3, 0.4) is 0 Å². The minimum Gasteiger partial charge on any atom is -0.383 e. The van der Waals surface area contributed by atoms with Gasteiger partial charge < -0.3 is 5.73 Å². The average Bonchev–Trinajstić information content (AvgIpc) is 3.43. The van der Waals surface area contributed by atoms with Crippen LogP contribution in [-0.2, 0) is 17.1 Å². The monoisotopic (exact) mass is 424 g/mol. The zero-order valence-corrected chi connectivity index (χ0v) is 16.3. The number of non-ortho nitro benzene ring substituents is 1. The molecule has 1 aromatic heterocycles. The first-order chi connectivity index (χ1) is 13.6. The molecule has 6 nitrogen and oxygen atoms in total. The van der Waals surface area contributed by atoms with E-state index >= 15 is 0 Å². The van der Waals surface area contributed by atoms with Crippen molar-refractivity contribution >= 4 is 11.5 Å². The van der Waals surface area contributed by atoms with Crippen LogP contribution in [0, 0.1) is 85.2 Å². The Kier molecular flexibility index (Phi) is 8.63. The molecule has 0 bridgehead atoms. The second kappa shape index (κ2) is 10.9. The van der Waals surface area contributed by atoms with E-state index in [2.05, 4.69) is 11.1 Å². The van der Waals surface area contributed by atoms with Crippen LogP contribution in [0.25, 0.3) is 11.1 Å². The third-order valence-electron chi connectivity index (χ3n) is 4.06. The molecule has 2 aliphatic rings. The second-order valence-electron chi connectivity index (χ2n) is 5.87. The summed E-state index contributed by atoms with van der Waals surface area (Å²) in [5, 5.41) is 20.1. The number of anilines is 1. The van der Waals surface area contributed by atoms with Gasteiger partial charge in [0, 0.05) is 23.6 Å². The van der Waals surface area contributed by atoms with Crippen molar-refractivity contribution in [3.05, 3.63) is 115 Å². The topological polar surface area (TPSA) is 106 Å². The Hall–Kier alpha value is -2.42. The van der Waals surface area contributed by atoms with E-state index in [1.165, 1.54) is 12.1 Å². The number of nitrogen functional groups attached to an aromatic ring is 1. The molecule has 2 aromatic rings. The number of nitrogens with two attached hydrogens (primary N) is 1. The summed E-state index contributed by atoms with van der Waals surface area (Å²) >= 11 is 0. The van der Waals surface area contributed by atoms with Gasteiger partial charge in [0.25, 0.3) is 5.69 Å². The zero-order valence-electron chi connectivity index (χ0n) is 15.2. The first kappa shape index (κ1) is 22.9. The van der Waals surface area contributed by atoms with E-state index in [4.69, 9.17) is 5.73 Å². The third kappa shape index (κ3) is 5.79. The Bertz CT molecular complexity index is 860. The van der Waals surface area contributed by atoms with Crippen molar-refractivity contribution in [1.82, 2.24) is 4.98 Å². The number of aromatic nitrogens is 1. The molecular weight excluding hydrogens is 408 g/mol. The smallest absolute Gasteiger partial charge is 0.383 e. The number of pyridine rings is 1. The van der Waals surface area contributed by atoms with Gasteiger partial charge in [-0.2, -0.15) is 5.26 Å². The molecule has 2 saturated carbocycles. The van der Waals surface area contributed by atoms with Crippen LogP contribution >= 0.6 is 0 Å². The molecule has 0 spiro atoms. The predicted molar refractivity (Wildman–Crippen MR) is 106 cm³/mol. The number of nitrogens with zero attached hydrogens (tertiary/aromatic N) is 3. The van der Waals surface area contributed by atoms with Crippen LogP contribution < -0.4 is 5.73 Å². The van der Waals surface area contributed by atoms with Crippen molar-refractivity contribution in [2.45, 2.75) is 0 Å². The van der Waals surface area contributed by atoms with Crippen LogP contribution in [0.1, 0.15) is 11.3 Å². The number of nitro groups is 1. The number of nitro benzene ring substituents is 1.